The first-order valence-electron chi connectivity index (χ1n) is 4.90. The largest absolute Gasteiger partial charge is 0.480 e. The molecule has 0 aliphatic carbocycles. The second kappa shape index (κ2) is 4.60. The highest BCUT2D eigenvalue weighted by molar-refractivity contribution is 6.04. The predicted octanol–water partition coefficient (Wildman–Crippen LogP) is 0.769. The number of rotatable bonds is 3. The third-order valence-corrected chi connectivity index (χ3v) is 2.03. The molecule has 88 valence electrons. The lowest BCUT2D eigenvalue weighted by Crippen LogP contribution is -2.14. The van der Waals surface area contributed by atoms with Crippen molar-refractivity contribution in [2.75, 3.05) is 12.4 Å². The summed E-state index contributed by atoms with van der Waals surface area (Å²) < 4.78 is 4.99. The maximum absolute atomic E-state index is 11.9. The van der Waals surface area contributed by atoms with Gasteiger partial charge in [0.2, 0.25) is 11.8 Å². The van der Waals surface area contributed by atoms with E-state index in [2.05, 4.69) is 25.5 Å². The summed E-state index contributed by atoms with van der Waals surface area (Å²) in [5.41, 5.74) is 0.331. The van der Waals surface area contributed by atoms with Crippen LogP contribution in [0.1, 0.15) is 16.2 Å². The molecule has 0 radical (unpaired) electrons. The normalized spacial score (nSPS) is 10.0. The van der Waals surface area contributed by atoms with Gasteiger partial charge in [-0.1, -0.05) is 0 Å². The van der Waals surface area contributed by atoms with Gasteiger partial charge in [0.15, 0.2) is 0 Å². The van der Waals surface area contributed by atoms with Crippen LogP contribution < -0.4 is 10.1 Å². The number of aromatic amines is 1. The van der Waals surface area contributed by atoms with Crippen molar-refractivity contribution in [1.29, 1.82) is 0 Å². The summed E-state index contributed by atoms with van der Waals surface area (Å²) in [6.45, 7) is 1.74. The molecule has 0 spiro atoms. The zero-order chi connectivity index (χ0) is 12.3. The maximum atomic E-state index is 11.9. The van der Waals surface area contributed by atoms with E-state index in [1.54, 1.807) is 25.3 Å². The number of methoxy groups -OCH3 is 1. The second-order valence-electron chi connectivity index (χ2n) is 3.26. The van der Waals surface area contributed by atoms with Crippen LogP contribution in [0.3, 0.4) is 0 Å². The number of hydrogen-bond donors (Lipinski definition) is 2. The average molecular weight is 233 g/mol. The molecule has 2 rings (SSSR count). The number of nitrogens with zero attached hydrogens (tertiary/aromatic N) is 3. The Bertz CT molecular complexity index is 537. The number of carbonyl (C=O) groups is 1. The molecule has 0 aliphatic heterocycles. The molecule has 0 aliphatic rings. The van der Waals surface area contributed by atoms with Gasteiger partial charge in [-0.05, 0) is 19.1 Å². The quantitative estimate of drug-likeness (QED) is 0.816. The van der Waals surface area contributed by atoms with E-state index < -0.39 is 0 Å². The number of ether oxygens (including phenoxy) is 1. The molecule has 17 heavy (non-hydrogen) atoms. The molecule has 0 fully saturated rings. The van der Waals surface area contributed by atoms with Crippen LogP contribution in [0.25, 0.3) is 0 Å². The lowest BCUT2D eigenvalue weighted by Gasteiger charge is -2.05. The Morgan fingerprint density at radius 3 is 3.00 bits per heavy atom. The van der Waals surface area contributed by atoms with Crippen molar-refractivity contribution < 1.29 is 9.53 Å². The van der Waals surface area contributed by atoms with Crippen LogP contribution in [0.2, 0.25) is 0 Å². The van der Waals surface area contributed by atoms with Gasteiger partial charge < -0.3 is 4.74 Å². The van der Waals surface area contributed by atoms with Crippen molar-refractivity contribution in [2.24, 2.45) is 0 Å². The minimum absolute atomic E-state index is 0.221. The van der Waals surface area contributed by atoms with Gasteiger partial charge in [-0.15, -0.1) is 5.10 Å². The first kappa shape index (κ1) is 11.1. The van der Waals surface area contributed by atoms with E-state index in [0.29, 0.717) is 11.4 Å². The maximum Gasteiger partial charge on any atom is 0.263 e. The topological polar surface area (TPSA) is 92.8 Å². The van der Waals surface area contributed by atoms with E-state index in [0.717, 1.165) is 0 Å². The number of H-pyrrole nitrogens is 1. The number of hydrogen-bond acceptors (Lipinski definition) is 5. The second-order valence-corrected chi connectivity index (χ2v) is 3.26. The Kier molecular flexibility index (Phi) is 2.99. The summed E-state index contributed by atoms with van der Waals surface area (Å²) in [6.07, 6.45) is 1.55. The highest BCUT2D eigenvalue weighted by Gasteiger charge is 2.14. The molecule has 0 aromatic carbocycles. The molecule has 1 amide bonds. The molecule has 0 bridgehead atoms. The van der Waals surface area contributed by atoms with Crippen molar-refractivity contribution in [1.82, 2.24) is 20.2 Å². The van der Waals surface area contributed by atoms with Gasteiger partial charge in [-0.2, -0.15) is 4.98 Å². The fraction of sp³-hybridized carbons (Fsp3) is 0.200. The standard InChI is InChI=1S/C10H11N5O2/c1-6-12-10(15-14-6)13-8(16)7-4-3-5-11-9(7)17-2/h3-5H,1-2H3,(H2,12,13,14,15,16). The van der Waals surface area contributed by atoms with Crippen molar-refractivity contribution >= 4 is 11.9 Å². The third kappa shape index (κ3) is 2.39. The fourth-order valence-electron chi connectivity index (χ4n) is 1.29. The van der Waals surface area contributed by atoms with Crippen molar-refractivity contribution in [3.63, 3.8) is 0 Å². The number of aryl methyl sites for hydroxylation is 1. The van der Waals surface area contributed by atoms with E-state index in [1.165, 1.54) is 7.11 Å². The number of nitrogens with one attached hydrogen (secondary N) is 2. The molecule has 2 aromatic heterocycles. The first-order chi connectivity index (χ1) is 8.20. The van der Waals surface area contributed by atoms with Gasteiger partial charge in [-0.25, -0.2) is 4.98 Å². The smallest absolute Gasteiger partial charge is 0.263 e. The number of aromatic nitrogens is 4. The third-order valence-electron chi connectivity index (χ3n) is 2.03. The van der Waals surface area contributed by atoms with Crippen LogP contribution in [0.4, 0.5) is 5.95 Å². The minimum Gasteiger partial charge on any atom is -0.480 e. The lowest BCUT2D eigenvalue weighted by molar-refractivity contribution is 0.102. The van der Waals surface area contributed by atoms with Crippen LogP contribution >= 0.6 is 0 Å². The van der Waals surface area contributed by atoms with E-state index in [9.17, 15) is 4.79 Å². The Labute approximate surface area is 97.2 Å². The van der Waals surface area contributed by atoms with Gasteiger partial charge in [-0.3, -0.25) is 15.2 Å². The summed E-state index contributed by atoms with van der Waals surface area (Å²) in [6, 6.07) is 3.27. The van der Waals surface area contributed by atoms with Crippen LogP contribution in [-0.2, 0) is 0 Å². The monoisotopic (exact) mass is 233 g/mol. The summed E-state index contributed by atoms with van der Waals surface area (Å²) in [7, 11) is 1.45. The van der Waals surface area contributed by atoms with Crippen LogP contribution in [0.5, 0.6) is 5.88 Å². The van der Waals surface area contributed by atoms with Gasteiger partial charge in [0.1, 0.15) is 11.4 Å². The Balaban J connectivity index is 2.20. The first-order valence-corrected chi connectivity index (χ1v) is 4.90. The number of anilines is 1. The molecular weight excluding hydrogens is 222 g/mol. The Hall–Kier alpha value is -2.44. The van der Waals surface area contributed by atoms with E-state index in [-0.39, 0.29) is 17.7 Å². The molecular formula is C10H11N5O2. The SMILES string of the molecule is COc1ncccc1C(=O)Nc1n[nH]c(C)n1. The van der Waals surface area contributed by atoms with Gasteiger partial charge in [0, 0.05) is 6.20 Å². The van der Waals surface area contributed by atoms with Crippen molar-refractivity contribution in [2.45, 2.75) is 6.92 Å². The lowest BCUT2D eigenvalue weighted by atomic mass is 10.2. The molecule has 2 N–H and O–H groups in total. The Morgan fingerprint density at radius 1 is 1.53 bits per heavy atom. The van der Waals surface area contributed by atoms with Gasteiger partial charge in [0.25, 0.3) is 5.91 Å². The molecule has 2 aromatic rings. The van der Waals surface area contributed by atoms with Crippen LogP contribution in [0, 0.1) is 6.92 Å². The summed E-state index contributed by atoms with van der Waals surface area (Å²) in [5, 5.41) is 8.98. The van der Waals surface area contributed by atoms with Crippen LogP contribution in [-0.4, -0.2) is 33.2 Å². The van der Waals surface area contributed by atoms with E-state index in [1.807, 2.05) is 0 Å². The minimum atomic E-state index is -0.367. The highest BCUT2D eigenvalue weighted by atomic mass is 16.5. The number of pyridine rings is 1. The molecule has 7 heteroatoms. The molecule has 0 unspecified atom stereocenters. The summed E-state index contributed by atoms with van der Waals surface area (Å²) in [5.74, 6) is 0.739. The van der Waals surface area contributed by atoms with Crippen molar-refractivity contribution in [3.8, 4) is 5.88 Å². The molecule has 0 atom stereocenters. The van der Waals surface area contributed by atoms with Crippen LogP contribution in [0.15, 0.2) is 18.3 Å². The summed E-state index contributed by atoms with van der Waals surface area (Å²) in [4.78, 5) is 19.8. The number of amides is 1. The molecule has 0 saturated carbocycles. The molecule has 2 heterocycles. The van der Waals surface area contributed by atoms with E-state index in [4.69, 9.17) is 4.74 Å². The van der Waals surface area contributed by atoms with Gasteiger partial charge in [0.05, 0.1) is 7.11 Å². The number of carbonyl (C=O) groups excluding carboxylic acids is 1. The van der Waals surface area contributed by atoms with E-state index >= 15 is 0 Å². The zero-order valence-electron chi connectivity index (χ0n) is 9.39. The predicted molar refractivity (Wildman–Crippen MR) is 59.9 cm³/mol. The average Bonchev–Trinajstić information content (AvgIpc) is 2.74. The zero-order valence-corrected chi connectivity index (χ0v) is 9.39. The summed E-state index contributed by atoms with van der Waals surface area (Å²) >= 11 is 0. The van der Waals surface area contributed by atoms with Crippen molar-refractivity contribution in [3.05, 3.63) is 29.7 Å². The fourth-order valence-corrected chi connectivity index (χ4v) is 1.29. The van der Waals surface area contributed by atoms with Gasteiger partial charge >= 0.3 is 0 Å². The highest BCUT2D eigenvalue weighted by Crippen LogP contribution is 2.14. The Morgan fingerprint density at radius 2 is 2.35 bits per heavy atom. The molecule has 7 nitrogen and oxygen atoms in total. The molecule has 0 saturated heterocycles.